The zero-order valence-corrected chi connectivity index (χ0v) is 40.1. The maximum Gasteiger partial charge on any atom is 0.199 e. The van der Waals surface area contributed by atoms with Gasteiger partial charge in [-0.3, -0.25) is 0 Å². The molecule has 7 heteroatoms. The van der Waals surface area contributed by atoms with Crippen molar-refractivity contribution in [1.82, 2.24) is 4.57 Å². The van der Waals surface area contributed by atoms with Gasteiger partial charge in [-0.25, -0.2) is 0 Å². The van der Waals surface area contributed by atoms with E-state index < -0.39 is 15.9 Å². The molecule has 1 fully saturated rings. The quantitative estimate of drug-likeness (QED) is 0.175. The van der Waals surface area contributed by atoms with Gasteiger partial charge in [-0.2, -0.15) is 0 Å². The molecule has 3 aromatic carbocycles. The van der Waals surface area contributed by atoms with Crippen LogP contribution in [0.2, 0.25) is 20.2 Å². The summed E-state index contributed by atoms with van der Waals surface area (Å²) in [5.41, 5.74) is 5.19. The van der Waals surface area contributed by atoms with Gasteiger partial charge in [-0.15, -0.1) is 0 Å². The highest BCUT2D eigenvalue weighted by molar-refractivity contribution is 7.28. The van der Waals surface area contributed by atoms with Crippen LogP contribution in [0, 0.1) is 5.41 Å². The normalized spacial score (nSPS) is 17.4. The lowest BCUT2D eigenvalue weighted by atomic mass is 9.72. The van der Waals surface area contributed by atoms with Crippen LogP contribution in [0.4, 0.5) is 0 Å². The predicted octanol–water partition coefficient (Wildman–Crippen LogP) is 11.2. The first-order valence-electron chi connectivity index (χ1n) is 21.0. The number of ether oxygens (including phenoxy) is 2. The highest BCUT2D eigenvalue weighted by Crippen LogP contribution is 2.51. The minimum Gasteiger partial charge on any atom is -0.463 e. The summed E-state index contributed by atoms with van der Waals surface area (Å²) in [4.78, 5) is 0. The van der Waals surface area contributed by atoms with E-state index in [1.165, 1.54) is 37.7 Å². The minimum atomic E-state index is -2.08. The Balaban J connectivity index is 1.97. The van der Waals surface area contributed by atoms with E-state index in [9.17, 15) is 0 Å². The van der Waals surface area contributed by atoms with E-state index in [1.54, 1.807) is 0 Å². The van der Waals surface area contributed by atoms with Crippen LogP contribution in [-0.2, 0) is 10.2 Å². The number of benzene rings is 3. The van der Waals surface area contributed by atoms with E-state index in [-0.39, 0.29) is 37.3 Å². The van der Waals surface area contributed by atoms with Crippen LogP contribution in [0.1, 0.15) is 149 Å². The van der Waals surface area contributed by atoms with Crippen molar-refractivity contribution in [1.29, 1.82) is 0 Å². The number of nitrogens with zero attached hydrogens (tertiary/aromatic N) is 1. The molecule has 0 aliphatic carbocycles. The molecule has 2 heterocycles. The number of rotatable bonds is 7. The van der Waals surface area contributed by atoms with E-state index >= 15 is 0 Å². The summed E-state index contributed by atoms with van der Waals surface area (Å²) in [5, 5.41) is 6.33. The Bertz CT molecular complexity index is 1860. The summed E-state index contributed by atoms with van der Waals surface area (Å²) >= 11 is 0. The van der Waals surface area contributed by atoms with E-state index in [2.05, 4.69) is 192 Å². The SMILES string of the molecule is B[Si](c1ccc2c3ccc([Si](B)(C(C)(C)C)C(C)(C)C)cc3n(-c3cc(C(C)(C)CC(C)(C)C)ccc3OC3CCCCO3)c2c1)(C(C)(C)C)C(C)(C)C. The molecule has 1 aliphatic heterocycles. The number of aromatic nitrogens is 1. The summed E-state index contributed by atoms with van der Waals surface area (Å²) in [5.74, 6) is 0.908. The lowest BCUT2D eigenvalue weighted by molar-refractivity contribution is -0.105. The molecule has 1 saturated heterocycles. The molecule has 0 radical (unpaired) electrons. The maximum atomic E-state index is 6.96. The van der Waals surface area contributed by atoms with Crippen molar-refractivity contribution < 1.29 is 9.47 Å². The lowest BCUT2D eigenvalue weighted by Crippen LogP contribution is -2.62. The van der Waals surface area contributed by atoms with Crippen molar-refractivity contribution in [3.05, 3.63) is 60.2 Å². The Kier molecular flexibility index (Phi) is 11.1. The molecule has 54 heavy (non-hydrogen) atoms. The number of fused-ring (bicyclic) bond motifs is 3. The van der Waals surface area contributed by atoms with Gasteiger partial charge in [0, 0.05) is 17.2 Å². The van der Waals surface area contributed by atoms with Crippen molar-refractivity contribution in [3.8, 4) is 11.4 Å². The zero-order valence-electron chi connectivity index (χ0n) is 38.1. The second kappa shape index (κ2) is 14.0. The van der Waals surface area contributed by atoms with Crippen molar-refractivity contribution in [2.75, 3.05) is 6.61 Å². The molecule has 0 spiro atoms. The van der Waals surface area contributed by atoms with Gasteiger partial charge in [0.05, 0.1) is 39.2 Å². The van der Waals surface area contributed by atoms with Gasteiger partial charge in [-0.05, 0) is 80.1 Å². The maximum absolute atomic E-state index is 6.96. The summed E-state index contributed by atoms with van der Waals surface area (Å²) in [6.07, 6.45) is 3.99. The lowest BCUT2D eigenvalue weighted by Gasteiger charge is -2.50. The standard InChI is InChI=1S/C47H75B2NO2Si2/c1-42(2,3)31-47(16,17)32-21-26-40(52-41-20-18-19-27-51-41)39(28-32)50-37-29-33(53(48,43(4,5)6)44(7,8)9)22-24-35(37)36-25-23-34(30-38(36)50)54(49,45(10,11)12)46(13,14)15/h21-26,28-30,41H,18-20,27,31,48-49H2,1-17H3. The van der Waals surface area contributed by atoms with Gasteiger partial charge < -0.3 is 14.0 Å². The average Bonchev–Trinajstić information content (AvgIpc) is 3.34. The summed E-state index contributed by atoms with van der Waals surface area (Å²) in [7, 11) is 1.07. The molecular formula is C47H75B2NO2Si2. The first-order chi connectivity index (χ1) is 24.4. The molecule has 0 saturated carbocycles. The molecule has 1 atom stereocenters. The second-order valence-corrected chi connectivity index (χ2v) is 34.9. The first-order valence-corrected chi connectivity index (χ1v) is 26.0. The fourth-order valence-electron chi connectivity index (χ4n) is 10.5. The van der Waals surface area contributed by atoms with Gasteiger partial charge in [0.2, 0.25) is 0 Å². The second-order valence-electron chi connectivity index (χ2n) is 23.3. The van der Waals surface area contributed by atoms with Crippen LogP contribution < -0.4 is 15.1 Å². The fraction of sp³-hybridized carbons (Fsp3) is 0.617. The first kappa shape index (κ1) is 42.9. The van der Waals surface area contributed by atoms with E-state index in [0.29, 0.717) is 0 Å². The highest BCUT2D eigenvalue weighted by atomic mass is 28.3. The third-order valence-electron chi connectivity index (χ3n) is 14.3. The molecule has 3 nitrogen and oxygen atoms in total. The fourth-order valence-corrected chi connectivity index (χ4v) is 20.1. The van der Waals surface area contributed by atoms with Crippen LogP contribution in [0.3, 0.4) is 0 Å². The Hall–Kier alpha value is -2.22. The molecule has 294 valence electrons. The Morgan fingerprint density at radius 2 is 1.09 bits per heavy atom. The predicted molar refractivity (Wildman–Crippen MR) is 249 cm³/mol. The zero-order chi connectivity index (χ0) is 40.7. The highest BCUT2D eigenvalue weighted by Gasteiger charge is 2.51. The third-order valence-corrected chi connectivity index (χ3v) is 29.2. The Morgan fingerprint density at radius 1 is 0.630 bits per heavy atom. The summed E-state index contributed by atoms with van der Waals surface area (Å²) in [6.45, 7) is 42.3. The van der Waals surface area contributed by atoms with Gasteiger partial charge >= 0.3 is 0 Å². The van der Waals surface area contributed by atoms with Crippen LogP contribution in [-0.4, -0.2) is 48.2 Å². The summed E-state index contributed by atoms with van der Waals surface area (Å²) in [6, 6.07) is 22.1. The van der Waals surface area contributed by atoms with Crippen LogP contribution in [0.15, 0.2) is 54.6 Å². The van der Waals surface area contributed by atoms with Gasteiger partial charge in [0.15, 0.2) is 6.29 Å². The Labute approximate surface area is 334 Å². The van der Waals surface area contributed by atoms with Crippen molar-refractivity contribution >= 4 is 62.9 Å². The van der Waals surface area contributed by atoms with Crippen molar-refractivity contribution in [2.24, 2.45) is 5.41 Å². The molecule has 0 bridgehead atoms. The van der Waals surface area contributed by atoms with E-state index in [4.69, 9.17) is 9.47 Å². The third kappa shape index (κ3) is 7.61. The smallest absolute Gasteiger partial charge is 0.199 e. The van der Waals surface area contributed by atoms with Gasteiger partial charge in [-0.1, -0.05) is 158 Å². The van der Waals surface area contributed by atoms with Crippen LogP contribution >= 0.6 is 0 Å². The largest absolute Gasteiger partial charge is 0.463 e. The van der Waals surface area contributed by atoms with Crippen molar-refractivity contribution in [2.45, 2.75) is 175 Å². The van der Waals surface area contributed by atoms with E-state index in [0.717, 1.165) is 43.7 Å². The van der Waals surface area contributed by atoms with Crippen molar-refractivity contribution in [3.63, 3.8) is 0 Å². The van der Waals surface area contributed by atoms with E-state index in [1.807, 2.05) is 0 Å². The molecule has 0 amide bonds. The molecule has 1 unspecified atom stereocenters. The number of hydrogen-bond acceptors (Lipinski definition) is 2. The minimum absolute atomic E-state index is 0.0319. The van der Waals surface area contributed by atoms with Gasteiger partial charge in [0.1, 0.15) is 20.6 Å². The molecule has 4 aromatic rings. The Morgan fingerprint density at radius 3 is 1.48 bits per heavy atom. The van der Waals surface area contributed by atoms with Crippen LogP contribution in [0.25, 0.3) is 27.5 Å². The molecule has 1 aliphatic rings. The molecular weight excluding hydrogens is 688 g/mol. The molecule has 0 N–H and O–H groups in total. The number of hydrogen-bond donors (Lipinski definition) is 0. The van der Waals surface area contributed by atoms with Gasteiger partial charge in [0.25, 0.3) is 0 Å². The monoisotopic (exact) mass is 764 g/mol. The summed E-state index contributed by atoms with van der Waals surface area (Å²) < 4.78 is 15.8. The molecule has 5 rings (SSSR count). The topological polar surface area (TPSA) is 23.4 Å². The average molecular weight is 764 g/mol. The molecule has 1 aromatic heterocycles. The van der Waals surface area contributed by atoms with Crippen LogP contribution in [0.5, 0.6) is 5.75 Å².